The molecule has 3 N–H and O–H groups in total. The second kappa shape index (κ2) is 9.59. The molecule has 0 saturated carbocycles. The Morgan fingerprint density at radius 3 is 2.48 bits per heavy atom. The van der Waals surface area contributed by atoms with Crippen LogP contribution in [-0.4, -0.2) is 55.5 Å². The van der Waals surface area contributed by atoms with Crippen LogP contribution in [-0.2, 0) is 4.79 Å². The number of nitrogens with zero attached hydrogens (tertiary/aromatic N) is 2. The molecule has 1 aromatic carbocycles. The standard InChI is InChI=1S/C18H26F3N5O/c1-11(2)26-8-6-12(7-9-26)24-18(22-3)23-10-15(27)25-14-5-4-13(19)16(20)17(14)21/h4-5,11-12H,6-10H2,1-3H3,(H,25,27)(H2,22,23,24). The third-order valence-electron chi connectivity index (χ3n) is 4.55. The van der Waals surface area contributed by atoms with Gasteiger partial charge in [0.2, 0.25) is 5.91 Å². The highest BCUT2D eigenvalue weighted by Gasteiger charge is 2.21. The molecular formula is C18H26F3N5O. The van der Waals surface area contributed by atoms with E-state index in [4.69, 9.17) is 0 Å². The van der Waals surface area contributed by atoms with Gasteiger partial charge in [0.25, 0.3) is 0 Å². The summed E-state index contributed by atoms with van der Waals surface area (Å²) < 4.78 is 39.7. The maximum absolute atomic E-state index is 13.6. The Balaban J connectivity index is 1.81. The number of guanidine groups is 1. The van der Waals surface area contributed by atoms with Crippen molar-refractivity contribution in [1.82, 2.24) is 15.5 Å². The molecule has 1 amide bonds. The van der Waals surface area contributed by atoms with Crippen LogP contribution in [0.15, 0.2) is 17.1 Å². The third kappa shape index (κ3) is 5.85. The predicted octanol–water partition coefficient (Wildman–Crippen LogP) is 2.08. The molecule has 1 heterocycles. The monoisotopic (exact) mass is 385 g/mol. The van der Waals surface area contributed by atoms with Crippen molar-refractivity contribution in [3.8, 4) is 0 Å². The molecule has 0 unspecified atom stereocenters. The third-order valence-corrected chi connectivity index (χ3v) is 4.55. The van der Waals surface area contributed by atoms with E-state index in [1.54, 1.807) is 7.05 Å². The topological polar surface area (TPSA) is 68.8 Å². The van der Waals surface area contributed by atoms with Gasteiger partial charge in [0, 0.05) is 32.2 Å². The summed E-state index contributed by atoms with van der Waals surface area (Å²) in [6.45, 7) is 6.12. The average Bonchev–Trinajstić information content (AvgIpc) is 2.66. The lowest BCUT2D eigenvalue weighted by Gasteiger charge is -2.35. The molecule has 9 heteroatoms. The van der Waals surface area contributed by atoms with Gasteiger partial charge in [-0.3, -0.25) is 9.79 Å². The minimum atomic E-state index is -1.62. The summed E-state index contributed by atoms with van der Waals surface area (Å²) in [6, 6.07) is 2.49. The first-order chi connectivity index (χ1) is 12.8. The zero-order chi connectivity index (χ0) is 20.0. The van der Waals surface area contributed by atoms with Gasteiger partial charge in [-0.05, 0) is 38.8 Å². The lowest BCUT2D eigenvalue weighted by atomic mass is 10.0. The lowest BCUT2D eigenvalue weighted by Crippen LogP contribution is -2.50. The Kier molecular flexibility index (Phi) is 7.46. The Hall–Kier alpha value is -2.29. The zero-order valence-electron chi connectivity index (χ0n) is 15.8. The van der Waals surface area contributed by atoms with E-state index in [0.29, 0.717) is 12.0 Å². The van der Waals surface area contributed by atoms with E-state index >= 15 is 0 Å². The second-order valence-electron chi connectivity index (χ2n) is 6.75. The number of halogens is 3. The summed E-state index contributed by atoms with van der Waals surface area (Å²) in [4.78, 5) is 18.4. The molecule has 0 spiro atoms. The molecule has 1 aliphatic heterocycles. The van der Waals surface area contributed by atoms with Gasteiger partial charge in [-0.25, -0.2) is 13.2 Å². The maximum atomic E-state index is 13.6. The molecule has 150 valence electrons. The van der Waals surface area contributed by atoms with Gasteiger partial charge >= 0.3 is 0 Å². The Labute approximate surface area is 157 Å². The molecule has 6 nitrogen and oxygen atoms in total. The predicted molar refractivity (Wildman–Crippen MR) is 99.2 cm³/mol. The highest BCUT2D eigenvalue weighted by Crippen LogP contribution is 2.19. The van der Waals surface area contributed by atoms with Crippen molar-refractivity contribution >= 4 is 17.6 Å². The molecule has 0 aromatic heterocycles. The number of hydrogen-bond acceptors (Lipinski definition) is 3. The first kappa shape index (κ1) is 21.0. The highest BCUT2D eigenvalue weighted by molar-refractivity contribution is 5.95. The molecule has 1 aliphatic rings. The van der Waals surface area contributed by atoms with Crippen molar-refractivity contribution in [3.63, 3.8) is 0 Å². The fourth-order valence-corrected chi connectivity index (χ4v) is 2.93. The first-order valence-corrected chi connectivity index (χ1v) is 8.96. The van der Waals surface area contributed by atoms with Crippen LogP contribution in [0.5, 0.6) is 0 Å². The van der Waals surface area contributed by atoms with Gasteiger partial charge in [0.1, 0.15) is 0 Å². The number of amides is 1. The van der Waals surface area contributed by atoms with Crippen molar-refractivity contribution in [2.75, 3.05) is 32.0 Å². The van der Waals surface area contributed by atoms with Crippen molar-refractivity contribution in [2.45, 2.75) is 38.8 Å². The Bertz CT molecular complexity index is 688. The van der Waals surface area contributed by atoms with E-state index in [1.807, 2.05) is 0 Å². The molecule has 1 aromatic rings. The van der Waals surface area contributed by atoms with E-state index in [0.717, 1.165) is 38.1 Å². The molecule has 0 radical (unpaired) electrons. The van der Waals surface area contributed by atoms with Crippen LogP contribution in [0.1, 0.15) is 26.7 Å². The van der Waals surface area contributed by atoms with Crippen LogP contribution in [0.4, 0.5) is 18.9 Å². The lowest BCUT2D eigenvalue weighted by molar-refractivity contribution is -0.115. The molecule has 1 fully saturated rings. The number of nitrogens with one attached hydrogen (secondary N) is 3. The van der Waals surface area contributed by atoms with E-state index in [2.05, 4.69) is 39.7 Å². The minimum Gasteiger partial charge on any atom is -0.354 e. The fourth-order valence-electron chi connectivity index (χ4n) is 2.93. The number of anilines is 1. The second-order valence-corrected chi connectivity index (χ2v) is 6.75. The van der Waals surface area contributed by atoms with Gasteiger partial charge in [-0.1, -0.05) is 0 Å². The quantitative estimate of drug-likeness (QED) is 0.412. The number of hydrogen-bond donors (Lipinski definition) is 3. The van der Waals surface area contributed by atoms with Gasteiger partial charge in [0.05, 0.1) is 12.2 Å². The van der Waals surface area contributed by atoms with Gasteiger partial charge in [-0.15, -0.1) is 0 Å². The van der Waals surface area contributed by atoms with E-state index in [1.165, 1.54) is 0 Å². The summed E-state index contributed by atoms with van der Waals surface area (Å²) >= 11 is 0. The molecule has 27 heavy (non-hydrogen) atoms. The van der Waals surface area contributed by atoms with Gasteiger partial charge < -0.3 is 20.9 Å². The molecule has 0 bridgehead atoms. The number of likely N-dealkylation sites (tertiary alicyclic amines) is 1. The molecule has 0 atom stereocenters. The number of rotatable bonds is 5. The molecule has 2 rings (SSSR count). The van der Waals surface area contributed by atoms with Crippen molar-refractivity contribution in [3.05, 3.63) is 29.6 Å². The Morgan fingerprint density at radius 2 is 1.89 bits per heavy atom. The number of benzene rings is 1. The van der Waals surface area contributed by atoms with Gasteiger partial charge in [-0.2, -0.15) is 0 Å². The van der Waals surface area contributed by atoms with E-state index in [-0.39, 0.29) is 12.6 Å². The van der Waals surface area contributed by atoms with Crippen molar-refractivity contribution < 1.29 is 18.0 Å². The van der Waals surface area contributed by atoms with E-state index in [9.17, 15) is 18.0 Å². The van der Waals surface area contributed by atoms with E-state index < -0.39 is 29.0 Å². The largest absolute Gasteiger partial charge is 0.354 e. The van der Waals surface area contributed by atoms with Crippen LogP contribution in [0, 0.1) is 17.5 Å². The summed E-state index contributed by atoms with van der Waals surface area (Å²) in [5.41, 5.74) is -0.412. The molecule has 1 saturated heterocycles. The van der Waals surface area contributed by atoms with Gasteiger partial charge in [0.15, 0.2) is 23.4 Å². The van der Waals surface area contributed by atoms with Crippen molar-refractivity contribution in [2.24, 2.45) is 4.99 Å². The summed E-state index contributed by atoms with van der Waals surface area (Å²) in [7, 11) is 1.59. The first-order valence-electron chi connectivity index (χ1n) is 8.96. The van der Waals surface area contributed by atoms with Crippen LogP contribution in [0.2, 0.25) is 0 Å². The number of carbonyl (C=O) groups is 1. The number of aliphatic imine (C=N–C) groups is 1. The Morgan fingerprint density at radius 1 is 1.22 bits per heavy atom. The van der Waals surface area contributed by atoms with Crippen LogP contribution < -0.4 is 16.0 Å². The molecular weight excluding hydrogens is 359 g/mol. The summed E-state index contributed by atoms with van der Waals surface area (Å²) in [5.74, 6) is -4.50. The SMILES string of the molecule is CN=C(NCC(=O)Nc1ccc(F)c(F)c1F)NC1CCN(C(C)C)CC1. The number of carbonyl (C=O) groups excluding carboxylic acids is 1. The number of piperidine rings is 1. The maximum Gasteiger partial charge on any atom is 0.243 e. The normalized spacial score (nSPS) is 16.5. The summed E-state index contributed by atoms with van der Waals surface area (Å²) in [6.07, 6.45) is 1.93. The van der Waals surface area contributed by atoms with Crippen LogP contribution >= 0.6 is 0 Å². The molecule has 0 aliphatic carbocycles. The highest BCUT2D eigenvalue weighted by atomic mass is 19.2. The van der Waals surface area contributed by atoms with Crippen molar-refractivity contribution in [1.29, 1.82) is 0 Å². The smallest absolute Gasteiger partial charge is 0.243 e. The summed E-state index contributed by atoms with van der Waals surface area (Å²) in [5, 5.41) is 8.31. The fraction of sp³-hybridized carbons (Fsp3) is 0.556. The zero-order valence-corrected chi connectivity index (χ0v) is 15.8. The van der Waals surface area contributed by atoms with Crippen LogP contribution in [0.3, 0.4) is 0 Å². The van der Waals surface area contributed by atoms with Crippen LogP contribution in [0.25, 0.3) is 0 Å². The average molecular weight is 385 g/mol. The minimum absolute atomic E-state index is 0.192.